The van der Waals surface area contributed by atoms with E-state index in [2.05, 4.69) is 54.8 Å². The Hall–Kier alpha value is -1.08. The molecule has 0 aliphatic rings. The van der Waals surface area contributed by atoms with Crippen molar-refractivity contribution in [2.75, 3.05) is 0 Å². The number of aryl methyl sites for hydroxylation is 2. The van der Waals surface area contributed by atoms with Gasteiger partial charge in [0.25, 0.3) is 0 Å². The third kappa shape index (κ3) is 2.98. The Bertz CT molecular complexity index is 479. The Labute approximate surface area is 110 Å². The van der Waals surface area contributed by atoms with Crippen molar-refractivity contribution in [3.8, 4) is 0 Å². The van der Waals surface area contributed by atoms with Crippen molar-refractivity contribution in [3.63, 3.8) is 0 Å². The molecule has 0 aliphatic carbocycles. The summed E-state index contributed by atoms with van der Waals surface area (Å²) in [7, 11) is 0. The Morgan fingerprint density at radius 1 is 1.00 bits per heavy atom. The predicted molar refractivity (Wildman–Crippen MR) is 68.4 cm³/mol. The first kappa shape index (κ1) is 14.0. The molecule has 0 amide bonds. The lowest BCUT2D eigenvalue weighted by Gasteiger charge is -2.05. The van der Waals surface area contributed by atoms with E-state index in [0.29, 0.717) is 0 Å². The number of para-hydroxylation sites is 1. The van der Waals surface area contributed by atoms with Crippen LogP contribution in [-0.4, -0.2) is 0 Å². The number of hydrogen-bond acceptors (Lipinski definition) is 0. The summed E-state index contributed by atoms with van der Waals surface area (Å²) in [6.45, 7) is 5.53. The van der Waals surface area contributed by atoms with Crippen LogP contribution in [0.3, 0.4) is 0 Å². The Balaban J connectivity index is 0.00000144. The molecule has 2 heteroatoms. The zero-order valence-electron chi connectivity index (χ0n) is 10.6. The average Bonchev–Trinajstić information content (AvgIpc) is 2.35. The smallest absolute Gasteiger partial charge is 0.212 e. The molecule has 0 aliphatic heterocycles. The number of aromatic nitrogens is 1. The molecular formula is C15H20ClN. The lowest BCUT2D eigenvalue weighted by Crippen LogP contribution is -3.00. The summed E-state index contributed by atoms with van der Waals surface area (Å²) in [5.74, 6) is 0. The third-order valence-corrected chi connectivity index (χ3v) is 3.13. The van der Waals surface area contributed by atoms with Gasteiger partial charge in [0.15, 0.2) is 5.69 Å². The van der Waals surface area contributed by atoms with E-state index < -0.39 is 0 Å². The highest BCUT2D eigenvalue weighted by molar-refractivity contribution is 5.75. The molecule has 17 heavy (non-hydrogen) atoms. The predicted octanol–water partition coefficient (Wildman–Crippen LogP) is 0.494. The number of hydrogen-bond donors (Lipinski definition) is 0. The lowest BCUT2D eigenvalue weighted by molar-refractivity contribution is -0.675. The van der Waals surface area contributed by atoms with Gasteiger partial charge in [-0.2, -0.15) is 4.57 Å². The topological polar surface area (TPSA) is 3.88 Å². The number of pyridine rings is 1. The highest BCUT2D eigenvalue weighted by Gasteiger charge is 2.12. The molecule has 2 rings (SSSR count). The highest BCUT2D eigenvalue weighted by Crippen LogP contribution is 2.11. The van der Waals surface area contributed by atoms with Crippen LogP contribution in [0.4, 0.5) is 0 Å². The third-order valence-electron chi connectivity index (χ3n) is 3.13. The van der Waals surface area contributed by atoms with Crippen LogP contribution >= 0.6 is 0 Å². The maximum Gasteiger partial charge on any atom is 0.212 e. The molecule has 1 aromatic heterocycles. The summed E-state index contributed by atoms with van der Waals surface area (Å²) in [4.78, 5) is 0. The molecule has 0 unspecified atom stereocenters. The quantitative estimate of drug-likeness (QED) is 0.695. The molecule has 1 aromatic carbocycles. The summed E-state index contributed by atoms with van der Waals surface area (Å²) in [6, 6.07) is 13.2. The fraction of sp³-hybridized carbons (Fsp3) is 0.400. The van der Waals surface area contributed by atoms with Crippen LogP contribution in [0.5, 0.6) is 0 Å². The molecule has 1 nitrogen and oxygen atoms in total. The van der Waals surface area contributed by atoms with Gasteiger partial charge >= 0.3 is 0 Å². The van der Waals surface area contributed by atoms with E-state index in [9.17, 15) is 0 Å². The minimum atomic E-state index is 0. The van der Waals surface area contributed by atoms with Crippen LogP contribution in [0, 0.1) is 0 Å². The molecule has 0 radical (unpaired) electrons. The van der Waals surface area contributed by atoms with E-state index in [1.54, 1.807) is 0 Å². The van der Waals surface area contributed by atoms with Crippen LogP contribution in [0.15, 0.2) is 36.4 Å². The maximum atomic E-state index is 2.44. The van der Waals surface area contributed by atoms with Crippen LogP contribution in [0.1, 0.15) is 32.4 Å². The van der Waals surface area contributed by atoms with Crippen molar-refractivity contribution < 1.29 is 17.0 Å². The standard InChI is InChI=1S/C15H20N.ClH/c1-3-5-9-14-12-11-13-8-6-7-10-15(13)16(14)4-2;/h6-8,10-12H,3-5,9H2,1-2H3;1H/q+1;/p-1. The first-order valence-electron chi connectivity index (χ1n) is 6.27. The summed E-state index contributed by atoms with van der Waals surface area (Å²) in [5.41, 5.74) is 2.82. The van der Waals surface area contributed by atoms with Crippen molar-refractivity contribution in [1.82, 2.24) is 0 Å². The Kier molecular flexibility index (Phi) is 5.43. The van der Waals surface area contributed by atoms with Crippen molar-refractivity contribution in [2.24, 2.45) is 0 Å². The molecule has 2 aromatic rings. The number of nitrogens with zero attached hydrogens (tertiary/aromatic N) is 1. The van der Waals surface area contributed by atoms with Gasteiger partial charge < -0.3 is 12.4 Å². The van der Waals surface area contributed by atoms with Crippen LogP contribution in [0.25, 0.3) is 10.9 Å². The summed E-state index contributed by atoms with van der Waals surface area (Å²) >= 11 is 0. The largest absolute Gasteiger partial charge is 1.00 e. The molecule has 92 valence electrons. The second-order valence-corrected chi connectivity index (χ2v) is 4.23. The molecule has 0 atom stereocenters. The Morgan fingerprint density at radius 2 is 1.76 bits per heavy atom. The van der Waals surface area contributed by atoms with Crippen LogP contribution < -0.4 is 17.0 Å². The number of halogens is 1. The van der Waals surface area contributed by atoms with Gasteiger partial charge in [-0.05, 0) is 25.5 Å². The molecule has 0 spiro atoms. The molecule has 1 heterocycles. The van der Waals surface area contributed by atoms with E-state index >= 15 is 0 Å². The van der Waals surface area contributed by atoms with Gasteiger partial charge in [-0.15, -0.1) is 0 Å². The van der Waals surface area contributed by atoms with E-state index in [1.165, 1.54) is 35.9 Å². The molecule has 0 saturated heterocycles. The zero-order valence-corrected chi connectivity index (χ0v) is 11.4. The number of benzene rings is 1. The number of rotatable bonds is 4. The average molecular weight is 250 g/mol. The van der Waals surface area contributed by atoms with Crippen molar-refractivity contribution in [1.29, 1.82) is 0 Å². The molecule has 0 N–H and O–H groups in total. The molecule has 0 bridgehead atoms. The lowest BCUT2D eigenvalue weighted by atomic mass is 10.1. The second-order valence-electron chi connectivity index (χ2n) is 4.23. The first-order chi connectivity index (χ1) is 7.86. The SMILES string of the molecule is CCCCc1ccc2ccccc2[n+]1CC.[Cl-]. The fourth-order valence-electron chi connectivity index (χ4n) is 2.25. The van der Waals surface area contributed by atoms with Gasteiger partial charge in [0.2, 0.25) is 5.52 Å². The van der Waals surface area contributed by atoms with Gasteiger partial charge in [0.05, 0.1) is 0 Å². The van der Waals surface area contributed by atoms with Crippen LogP contribution in [0.2, 0.25) is 0 Å². The minimum absolute atomic E-state index is 0. The van der Waals surface area contributed by atoms with E-state index in [1.807, 2.05) is 0 Å². The van der Waals surface area contributed by atoms with E-state index in [4.69, 9.17) is 0 Å². The Morgan fingerprint density at radius 3 is 2.47 bits per heavy atom. The van der Waals surface area contributed by atoms with Crippen molar-refractivity contribution >= 4 is 10.9 Å². The summed E-state index contributed by atoms with van der Waals surface area (Å²) < 4.78 is 2.44. The minimum Gasteiger partial charge on any atom is -1.00 e. The zero-order chi connectivity index (χ0) is 11.4. The van der Waals surface area contributed by atoms with Gasteiger partial charge in [0, 0.05) is 23.9 Å². The van der Waals surface area contributed by atoms with Gasteiger partial charge in [-0.1, -0.05) is 25.5 Å². The van der Waals surface area contributed by atoms with E-state index in [0.717, 1.165) is 6.54 Å². The first-order valence-corrected chi connectivity index (χ1v) is 6.27. The van der Waals surface area contributed by atoms with Crippen molar-refractivity contribution in [2.45, 2.75) is 39.7 Å². The van der Waals surface area contributed by atoms with Crippen molar-refractivity contribution in [3.05, 3.63) is 42.1 Å². The normalized spacial score (nSPS) is 10.2. The number of fused-ring (bicyclic) bond motifs is 1. The monoisotopic (exact) mass is 249 g/mol. The molecule has 0 saturated carbocycles. The summed E-state index contributed by atoms with van der Waals surface area (Å²) in [5, 5.41) is 1.34. The molecule has 0 fully saturated rings. The van der Waals surface area contributed by atoms with Gasteiger partial charge in [-0.3, -0.25) is 0 Å². The van der Waals surface area contributed by atoms with Crippen LogP contribution in [-0.2, 0) is 13.0 Å². The maximum absolute atomic E-state index is 2.44. The fourth-order valence-corrected chi connectivity index (χ4v) is 2.25. The van der Waals surface area contributed by atoms with E-state index in [-0.39, 0.29) is 12.4 Å². The second kappa shape index (κ2) is 6.61. The molecular weight excluding hydrogens is 230 g/mol. The van der Waals surface area contributed by atoms with Gasteiger partial charge in [-0.25, -0.2) is 0 Å². The number of unbranched alkanes of at least 4 members (excludes halogenated alkanes) is 1. The summed E-state index contributed by atoms with van der Waals surface area (Å²) in [6.07, 6.45) is 3.73. The highest BCUT2D eigenvalue weighted by atomic mass is 35.5. The van der Waals surface area contributed by atoms with Gasteiger partial charge in [0.1, 0.15) is 6.54 Å².